The second-order valence-corrected chi connectivity index (χ2v) is 5.87. The highest BCUT2D eigenvalue weighted by molar-refractivity contribution is 5.93. The molecule has 0 saturated carbocycles. The van der Waals surface area contributed by atoms with Gasteiger partial charge in [0, 0.05) is 11.6 Å². The molecule has 2 aromatic carbocycles. The molecule has 0 radical (unpaired) electrons. The summed E-state index contributed by atoms with van der Waals surface area (Å²) in [5.74, 6) is 2.00. The molecule has 4 rings (SSSR count). The third-order valence-electron chi connectivity index (χ3n) is 4.05. The third kappa shape index (κ3) is 3.54. The molecule has 1 aliphatic heterocycles. The maximum atomic E-state index is 12.4. The molecule has 0 bridgehead atoms. The lowest BCUT2D eigenvalue weighted by Gasteiger charge is -2.24. The van der Waals surface area contributed by atoms with Gasteiger partial charge in [-0.15, -0.1) is 5.10 Å². The zero-order valence-corrected chi connectivity index (χ0v) is 15.2. The van der Waals surface area contributed by atoms with Crippen LogP contribution in [-0.2, 0) is 4.79 Å². The summed E-state index contributed by atoms with van der Waals surface area (Å²) in [7, 11) is 3.09. The van der Waals surface area contributed by atoms with Gasteiger partial charge in [-0.3, -0.25) is 10.1 Å². The lowest BCUT2D eigenvalue weighted by Crippen LogP contribution is -2.40. The molecule has 3 aromatic rings. The van der Waals surface area contributed by atoms with Crippen LogP contribution in [0.25, 0.3) is 11.5 Å². The average molecular weight is 383 g/mol. The van der Waals surface area contributed by atoms with Gasteiger partial charge in [-0.2, -0.15) is 0 Å². The van der Waals surface area contributed by atoms with Crippen molar-refractivity contribution in [3.05, 3.63) is 42.5 Å². The Labute approximate surface area is 160 Å². The van der Waals surface area contributed by atoms with Crippen LogP contribution >= 0.6 is 0 Å². The van der Waals surface area contributed by atoms with Crippen molar-refractivity contribution in [3.8, 4) is 34.5 Å². The monoisotopic (exact) mass is 383 g/mol. The van der Waals surface area contributed by atoms with Crippen LogP contribution in [0.4, 0.5) is 6.01 Å². The standard InChI is InChI=1S/C19H17N3O6/c1-24-12-7-11(8-13(9-12)25-2)18-21-22-19(28-18)20-17(23)16-10-26-14-5-3-4-6-15(14)27-16/h3-9,16H,10H2,1-2H3,(H,20,22,23). The molecule has 0 fully saturated rings. The second-order valence-electron chi connectivity index (χ2n) is 5.87. The Kier molecular flexibility index (Phi) is 4.71. The lowest BCUT2D eigenvalue weighted by atomic mass is 10.2. The minimum Gasteiger partial charge on any atom is -0.497 e. The number of hydrogen-bond acceptors (Lipinski definition) is 8. The highest BCUT2D eigenvalue weighted by Gasteiger charge is 2.28. The molecule has 1 aromatic heterocycles. The summed E-state index contributed by atoms with van der Waals surface area (Å²) in [5, 5.41) is 10.4. The van der Waals surface area contributed by atoms with Gasteiger partial charge in [-0.1, -0.05) is 17.2 Å². The van der Waals surface area contributed by atoms with Crippen molar-refractivity contribution in [2.45, 2.75) is 6.10 Å². The molecule has 0 spiro atoms. The molecule has 28 heavy (non-hydrogen) atoms. The first-order valence-corrected chi connectivity index (χ1v) is 8.42. The van der Waals surface area contributed by atoms with Crippen molar-refractivity contribution >= 4 is 11.9 Å². The number of para-hydroxylation sites is 2. The highest BCUT2D eigenvalue weighted by Crippen LogP contribution is 2.32. The molecule has 9 heteroatoms. The van der Waals surface area contributed by atoms with Crippen molar-refractivity contribution in [1.82, 2.24) is 10.2 Å². The number of aromatic nitrogens is 2. The van der Waals surface area contributed by atoms with Gasteiger partial charge in [0.15, 0.2) is 11.5 Å². The van der Waals surface area contributed by atoms with E-state index in [0.717, 1.165) is 0 Å². The van der Waals surface area contributed by atoms with Crippen molar-refractivity contribution in [2.24, 2.45) is 0 Å². The summed E-state index contributed by atoms with van der Waals surface area (Å²) >= 11 is 0. The number of fused-ring (bicyclic) bond motifs is 1. The van der Waals surface area contributed by atoms with E-state index in [4.69, 9.17) is 23.4 Å². The van der Waals surface area contributed by atoms with Gasteiger partial charge in [0.2, 0.25) is 12.0 Å². The number of nitrogens with zero attached hydrogens (tertiary/aromatic N) is 2. The molecular weight excluding hydrogens is 366 g/mol. The summed E-state index contributed by atoms with van der Waals surface area (Å²) in [5.41, 5.74) is 0.593. The molecule has 0 aliphatic carbocycles. The predicted molar refractivity (Wildman–Crippen MR) is 97.8 cm³/mol. The van der Waals surface area contributed by atoms with E-state index in [1.807, 2.05) is 6.07 Å². The van der Waals surface area contributed by atoms with Crippen LogP contribution in [0, 0.1) is 0 Å². The average Bonchev–Trinajstić information content (AvgIpc) is 3.21. The van der Waals surface area contributed by atoms with Gasteiger partial charge in [0.05, 0.1) is 14.2 Å². The van der Waals surface area contributed by atoms with Gasteiger partial charge in [0.1, 0.15) is 18.1 Å². The number of carbonyl (C=O) groups excluding carboxylic acids is 1. The lowest BCUT2D eigenvalue weighted by molar-refractivity contribution is -0.125. The fourth-order valence-electron chi connectivity index (χ4n) is 2.66. The Bertz CT molecular complexity index is 981. The van der Waals surface area contributed by atoms with E-state index >= 15 is 0 Å². The fourth-order valence-corrected chi connectivity index (χ4v) is 2.66. The Morgan fingerprint density at radius 3 is 2.50 bits per heavy atom. The summed E-state index contributed by atoms with van der Waals surface area (Å²) in [4.78, 5) is 12.4. The molecule has 9 nitrogen and oxygen atoms in total. The number of rotatable bonds is 5. The number of methoxy groups -OCH3 is 2. The van der Waals surface area contributed by atoms with Gasteiger partial charge in [-0.05, 0) is 24.3 Å². The van der Waals surface area contributed by atoms with E-state index in [0.29, 0.717) is 28.6 Å². The van der Waals surface area contributed by atoms with Crippen LogP contribution in [-0.4, -0.2) is 43.0 Å². The number of anilines is 1. The SMILES string of the molecule is COc1cc(OC)cc(-c2nnc(NC(=O)C3COc4ccccc4O3)o2)c1. The Morgan fingerprint density at radius 2 is 1.79 bits per heavy atom. The smallest absolute Gasteiger partial charge is 0.322 e. The van der Waals surface area contributed by atoms with E-state index < -0.39 is 12.0 Å². The number of carbonyl (C=O) groups is 1. The van der Waals surface area contributed by atoms with Crippen molar-refractivity contribution < 1.29 is 28.2 Å². The highest BCUT2D eigenvalue weighted by atomic mass is 16.6. The number of hydrogen-bond donors (Lipinski definition) is 1. The molecule has 1 atom stereocenters. The summed E-state index contributed by atoms with van der Waals surface area (Å²) in [6.45, 7) is 0.0803. The number of benzene rings is 2. The predicted octanol–water partition coefficient (Wildman–Crippen LogP) is 2.53. The van der Waals surface area contributed by atoms with Crippen LogP contribution in [0.3, 0.4) is 0 Å². The second kappa shape index (κ2) is 7.47. The molecule has 1 N–H and O–H groups in total. The molecule has 1 unspecified atom stereocenters. The maximum Gasteiger partial charge on any atom is 0.322 e. The van der Waals surface area contributed by atoms with E-state index in [2.05, 4.69) is 15.5 Å². The molecular formula is C19H17N3O6. The molecule has 1 aliphatic rings. The number of nitrogens with one attached hydrogen (secondary N) is 1. The quantitative estimate of drug-likeness (QED) is 0.717. The van der Waals surface area contributed by atoms with E-state index in [1.54, 1.807) is 50.6 Å². The summed E-state index contributed by atoms with van der Waals surface area (Å²) in [6.07, 6.45) is -0.831. The van der Waals surface area contributed by atoms with Gasteiger partial charge < -0.3 is 23.4 Å². The third-order valence-corrected chi connectivity index (χ3v) is 4.05. The summed E-state index contributed by atoms with van der Waals surface area (Å²) < 4.78 is 27.2. The Balaban J connectivity index is 1.47. The largest absolute Gasteiger partial charge is 0.497 e. The topological polar surface area (TPSA) is 105 Å². The first-order valence-electron chi connectivity index (χ1n) is 8.42. The van der Waals surface area contributed by atoms with Crippen LogP contribution in [0.2, 0.25) is 0 Å². The van der Waals surface area contributed by atoms with Crippen molar-refractivity contribution in [3.63, 3.8) is 0 Å². The Hall–Kier alpha value is -3.75. The normalized spacial score (nSPS) is 15.0. The minimum absolute atomic E-state index is 0.0516. The van der Waals surface area contributed by atoms with Crippen LogP contribution in [0.15, 0.2) is 46.9 Å². The molecule has 2 heterocycles. The molecule has 144 valence electrons. The van der Waals surface area contributed by atoms with Crippen LogP contribution < -0.4 is 24.3 Å². The first kappa shape index (κ1) is 17.7. The van der Waals surface area contributed by atoms with Crippen molar-refractivity contribution in [1.29, 1.82) is 0 Å². The van der Waals surface area contributed by atoms with Gasteiger partial charge >= 0.3 is 6.01 Å². The number of ether oxygens (including phenoxy) is 4. The molecule has 0 saturated heterocycles. The first-order chi connectivity index (χ1) is 13.7. The van der Waals surface area contributed by atoms with Crippen LogP contribution in [0.5, 0.6) is 23.0 Å². The molecule has 1 amide bonds. The zero-order chi connectivity index (χ0) is 19.5. The fraction of sp³-hybridized carbons (Fsp3) is 0.211. The Morgan fingerprint density at radius 1 is 1.07 bits per heavy atom. The van der Waals surface area contributed by atoms with E-state index in [-0.39, 0.29) is 18.5 Å². The number of amides is 1. The van der Waals surface area contributed by atoms with Crippen LogP contribution in [0.1, 0.15) is 0 Å². The van der Waals surface area contributed by atoms with Gasteiger partial charge in [0.25, 0.3) is 5.91 Å². The summed E-state index contributed by atoms with van der Waals surface area (Å²) in [6, 6.07) is 12.2. The van der Waals surface area contributed by atoms with E-state index in [1.165, 1.54) is 0 Å². The van der Waals surface area contributed by atoms with Gasteiger partial charge in [-0.25, -0.2) is 0 Å². The maximum absolute atomic E-state index is 12.4. The minimum atomic E-state index is -0.831. The van der Waals surface area contributed by atoms with E-state index in [9.17, 15) is 4.79 Å². The zero-order valence-electron chi connectivity index (χ0n) is 15.2. The van der Waals surface area contributed by atoms with Crippen molar-refractivity contribution in [2.75, 3.05) is 26.1 Å².